The lowest BCUT2D eigenvalue weighted by Crippen LogP contribution is -2.54. The summed E-state index contributed by atoms with van der Waals surface area (Å²) in [5.74, 6) is 0. The van der Waals surface area contributed by atoms with Gasteiger partial charge < -0.3 is 15.6 Å². The lowest BCUT2D eigenvalue weighted by Gasteiger charge is -2.45. The van der Waals surface area contributed by atoms with Crippen molar-refractivity contribution in [3.63, 3.8) is 0 Å². The lowest BCUT2D eigenvalue weighted by atomic mass is 9.63. The largest absolute Gasteiger partial charge is 0.384 e. The van der Waals surface area contributed by atoms with Crippen LogP contribution in [-0.4, -0.2) is 23.9 Å². The van der Waals surface area contributed by atoms with E-state index in [0.29, 0.717) is 12.6 Å². The predicted molar refractivity (Wildman–Crippen MR) is 72.6 cm³/mol. The van der Waals surface area contributed by atoms with Crippen molar-refractivity contribution in [2.45, 2.75) is 50.9 Å². The topological polar surface area (TPSA) is 55.5 Å². The van der Waals surface area contributed by atoms with E-state index in [0.717, 1.165) is 24.1 Å². The highest BCUT2D eigenvalue weighted by atomic mass is 32.1. The van der Waals surface area contributed by atoms with Crippen molar-refractivity contribution in [1.29, 1.82) is 0 Å². The van der Waals surface area contributed by atoms with Gasteiger partial charge in [-0.15, -0.1) is 11.3 Å². The fraction of sp³-hybridized carbons (Fsp3) is 0.714. The Bertz CT molecular complexity index is 456. The molecular weight excluding hydrogens is 246 g/mol. The molecule has 4 atom stereocenters. The summed E-state index contributed by atoms with van der Waals surface area (Å²) in [5.41, 5.74) is 4.85. The van der Waals surface area contributed by atoms with Gasteiger partial charge in [0.05, 0.1) is 12.2 Å². The Morgan fingerprint density at radius 1 is 1.56 bits per heavy atom. The van der Waals surface area contributed by atoms with E-state index in [4.69, 9.17) is 10.5 Å². The van der Waals surface area contributed by atoms with Crippen LogP contribution in [0.4, 0.5) is 0 Å². The van der Waals surface area contributed by atoms with Gasteiger partial charge in [-0.05, 0) is 45.2 Å². The molecule has 2 aliphatic heterocycles. The van der Waals surface area contributed by atoms with Crippen LogP contribution >= 0.6 is 11.3 Å². The van der Waals surface area contributed by atoms with Crippen molar-refractivity contribution in [1.82, 2.24) is 0 Å². The highest BCUT2D eigenvalue weighted by Crippen LogP contribution is 2.57. The second-order valence-electron chi connectivity index (χ2n) is 5.87. The number of rotatable bonds is 3. The molecule has 2 fully saturated rings. The van der Waals surface area contributed by atoms with Crippen LogP contribution in [0.5, 0.6) is 0 Å². The van der Waals surface area contributed by atoms with Gasteiger partial charge in [-0.2, -0.15) is 0 Å². The lowest BCUT2D eigenvalue weighted by molar-refractivity contribution is -0.102. The molecule has 0 amide bonds. The van der Waals surface area contributed by atoms with Crippen LogP contribution in [0.25, 0.3) is 0 Å². The monoisotopic (exact) mass is 267 g/mol. The molecule has 0 aliphatic carbocycles. The van der Waals surface area contributed by atoms with Gasteiger partial charge in [0.25, 0.3) is 0 Å². The normalized spacial score (nSPS) is 38.0. The van der Waals surface area contributed by atoms with Crippen molar-refractivity contribution in [2.75, 3.05) is 6.54 Å². The maximum Gasteiger partial charge on any atom is 0.105 e. The summed E-state index contributed by atoms with van der Waals surface area (Å²) in [5, 5.41) is 11.1. The molecule has 2 saturated heterocycles. The maximum absolute atomic E-state index is 11.1. The summed E-state index contributed by atoms with van der Waals surface area (Å²) in [6.07, 6.45) is 3.45. The van der Waals surface area contributed by atoms with Gasteiger partial charge in [-0.3, -0.25) is 0 Å². The van der Waals surface area contributed by atoms with E-state index in [2.05, 4.69) is 13.0 Å². The SMILES string of the molecule is Cc1ccc(C(C)(O)C2(CN)CC3CCC2O3)s1. The second kappa shape index (κ2) is 4.04. The Morgan fingerprint density at radius 3 is 2.78 bits per heavy atom. The zero-order valence-corrected chi connectivity index (χ0v) is 11.8. The smallest absolute Gasteiger partial charge is 0.105 e. The average molecular weight is 267 g/mol. The van der Waals surface area contributed by atoms with Crippen LogP contribution in [-0.2, 0) is 10.3 Å². The van der Waals surface area contributed by atoms with Gasteiger partial charge in [-0.25, -0.2) is 0 Å². The molecule has 4 heteroatoms. The number of hydrogen-bond acceptors (Lipinski definition) is 4. The average Bonchev–Trinajstić information content (AvgIpc) is 3.02. The summed E-state index contributed by atoms with van der Waals surface area (Å²) in [6.45, 7) is 4.46. The Hall–Kier alpha value is -0.420. The minimum absolute atomic E-state index is 0.116. The Morgan fingerprint density at radius 2 is 2.33 bits per heavy atom. The second-order valence-corrected chi connectivity index (χ2v) is 7.16. The van der Waals surface area contributed by atoms with Gasteiger partial charge >= 0.3 is 0 Å². The van der Waals surface area contributed by atoms with Crippen LogP contribution in [0.15, 0.2) is 12.1 Å². The molecule has 0 spiro atoms. The van der Waals surface area contributed by atoms with E-state index in [1.165, 1.54) is 4.88 Å². The third-order valence-corrected chi connectivity index (χ3v) is 6.08. The van der Waals surface area contributed by atoms with Gasteiger partial charge in [-0.1, -0.05) is 0 Å². The molecule has 100 valence electrons. The molecule has 1 aromatic rings. The molecule has 0 radical (unpaired) electrons. The van der Waals surface area contributed by atoms with E-state index in [-0.39, 0.29) is 11.5 Å². The number of aryl methyl sites for hydroxylation is 1. The molecule has 2 aliphatic rings. The standard InChI is InChI=1S/C14H21NO2S/c1-9-3-6-12(18-9)13(2,16)14(8-15)7-10-4-5-11(14)17-10/h3,6,10-11,16H,4-5,7-8,15H2,1-2H3. The van der Waals surface area contributed by atoms with Crippen LogP contribution in [0.1, 0.15) is 35.9 Å². The maximum atomic E-state index is 11.1. The van der Waals surface area contributed by atoms with Gasteiger partial charge in [0, 0.05) is 21.7 Å². The summed E-state index contributed by atoms with van der Waals surface area (Å²) in [7, 11) is 0. The number of nitrogens with two attached hydrogens (primary N) is 1. The summed E-state index contributed by atoms with van der Waals surface area (Å²) >= 11 is 1.66. The molecule has 0 saturated carbocycles. The third-order valence-electron chi connectivity index (χ3n) is 4.87. The molecule has 3 N–H and O–H groups in total. The summed E-state index contributed by atoms with van der Waals surface area (Å²) in [4.78, 5) is 2.24. The minimum atomic E-state index is -0.888. The Kier molecular flexibility index (Phi) is 2.83. The molecule has 3 nitrogen and oxygen atoms in total. The van der Waals surface area contributed by atoms with Gasteiger partial charge in [0.2, 0.25) is 0 Å². The van der Waals surface area contributed by atoms with E-state index in [1.54, 1.807) is 11.3 Å². The predicted octanol–water partition coefficient (Wildman–Crippen LogP) is 2.16. The van der Waals surface area contributed by atoms with E-state index >= 15 is 0 Å². The first kappa shape index (κ1) is 12.6. The number of ether oxygens (including phenoxy) is 1. The quantitative estimate of drug-likeness (QED) is 0.882. The first-order valence-corrected chi connectivity index (χ1v) is 7.46. The molecule has 18 heavy (non-hydrogen) atoms. The van der Waals surface area contributed by atoms with Crippen molar-refractivity contribution >= 4 is 11.3 Å². The molecule has 2 bridgehead atoms. The van der Waals surface area contributed by atoms with Crippen molar-refractivity contribution < 1.29 is 9.84 Å². The third kappa shape index (κ3) is 1.53. The van der Waals surface area contributed by atoms with Crippen molar-refractivity contribution in [2.24, 2.45) is 11.1 Å². The van der Waals surface area contributed by atoms with Gasteiger partial charge in [0.1, 0.15) is 5.60 Å². The summed E-state index contributed by atoms with van der Waals surface area (Å²) in [6, 6.07) is 4.09. The zero-order chi connectivity index (χ0) is 13.0. The van der Waals surface area contributed by atoms with E-state index in [9.17, 15) is 5.11 Å². The highest BCUT2D eigenvalue weighted by molar-refractivity contribution is 7.12. The first-order chi connectivity index (χ1) is 8.49. The zero-order valence-electron chi connectivity index (χ0n) is 11.0. The Balaban J connectivity index is 2.01. The molecule has 3 heterocycles. The highest BCUT2D eigenvalue weighted by Gasteiger charge is 2.61. The van der Waals surface area contributed by atoms with Crippen molar-refractivity contribution in [3.8, 4) is 0 Å². The molecule has 4 unspecified atom stereocenters. The Labute approximate surface area is 112 Å². The van der Waals surface area contributed by atoms with Gasteiger partial charge in [0.15, 0.2) is 0 Å². The van der Waals surface area contributed by atoms with Crippen LogP contribution in [0.2, 0.25) is 0 Å². The van der Waals surface area contributed by atoms with E-state index < -0.39 is 5.60 Å². The van der Waals surface area contributed by atoms with Crippen LogP contribution in [0, 0.1) is 12.3 Å². The molecule has 0 aromatic carbocycles. The minimum Gasteiger partial charge on any atom is -0.384 e. The van der Waals surface area contributed by atoms with Crippen LogP contribution < -0.4 is 5.73 Å². The first-order valence-electron chi connectivity index (χ1n) is 6.64. The molecular formula is C14H21NO2S. The van der Waals surface area contributed by atoms with Crippen molar-refractivity contribution in [3.05, 3.63) is 21.9 Å². The fourth-order valence-electron chi connectivity index (χ4n) is 3.67. The fourth-order valence-corrected chi connectivity index (χ4v) is 4.69. The molecule has 1 aromatic heterocycles. The number of aliphatic hydroxyl groups is 1. The molecule has 3 rings (SSSR count). The number of thiophene rings is 1. The number of fused-ring (bicyclic) bond motifs is 2. The van der Waals surface area contributed by atoms with Crippen LogP contribution in [0.3, 0.4) is 0 Å². The number of hydrogen-bond donors (Lipinski definition) is 2. The van der Waals surface area contributed by atoms with E-state index in [1.807, 2.05) is 13.0 Å². The summed E-state index contributed by atoms with van der Waals surface area (Å²) < 4.78 is 5.96.